The zero-order chi connectivity index (χ0) is 25.0. The number of nitrogens with zero attached hydrogens (tertiary/aromatic N) is 5. The first-order valence-corrected chi connectivity index (χ1v) is 12.7. The molecule has 0 unspecified atom stereocenters. The Hall–Kier alpha value is -3.95. The number of carbonyl (C=O) groups excluding carboxylic acids is 1. The highest BCUT2D eigenvalue weighted by Crippen LogP contribution is 2.26. The van der Waals surface area contributed by atoms with Gasteiger partial charge < -0.3 is 24.6 Å². The Morgan fingerprint density at radius 2 is 1.43 bits per heavy atom. The van der Waals surface area contributed by atoms with Crippen molar-refractivity contribution in [3.63, 3.8) is 0 Å². The fourth-order valence-corrected chi connectivity index (χ4v) is 4.94. The minimum Gasteiger partial charge on any atom is -0.378 e. The maximum absolute atomic E-state index is 13.0. The summed E-state index contributed by atoms with van der Waals surface area (Å²) in [6, 6.07) is 20.0. The summed E-state index contributed by atoms with van der Waals surface area (Å²) < 4.78 is 12.9. The quantitative estimate of drug-likeness (QED) is 0.437. The molecule has 0 aliphatic carbocycles. The summed E-state index contributed by atoms with van der Waals surface area (Å²) in [6.45, 7) is 6.30. The Morgan fingerprint density at radius 1 is 0.784 bits per heavy atom. The Kier molecular flexibility index (Phi) is 6.70. The fraction of sp³-hybridized carbons (Fsp3) is 0.321. The Balaban J connectivity index is 1.17. The van der Waals surface area contributed by atoms with E-state index in [9.17, 15) is 4.79 Å². The van der Waals surface area contributed by atoms with Gasteiger partial charge in [-0.2, -0.15) is 0 Å². The molecule has 2 aliphatic rings. The second kappa shape index (κ2) is 10.6. The van der Waals surface area contributed by atoms with Gasteiger partial charge in [-0.15, -0.1) is 10.2 Å². The van der Waals surface area contributed by atoms with Crippen LogP contribution in [0.4, 0.5) is 17.2 Å². The van der Waals surface area contributed by atoms with Gasteiger partial charge in [0.2, 0.25) is 5.91 Å². The van der Waals surface area contributed by atoms with Crippen LogP contribution in [0, 0.1) is 0 Å². The third-order valence-electron chi connectivity index (χ3n) is 6.89. The van der Waals surface area contributed by atoms with Crippen LogP contribution in [0.1, 0.15) is 5.56 Å². The van der Waals surface area contributed by atoms with Crippen LogP contribution in [0.5, 0.6) is 0 Å². The van der Waals surface area contributed by atoms with Crippen LogP contribution < -0.4 is 15.1 Å². The molecule has 2 fully saturated rings. The van der Waals surface area contributed by atoms with Gasteiger partial charge in [0.05, 0.1) is 38.4 Å². The molecular weight excluding hydrogens is 468 g/mol. The van der Waals surface area contributed by atoms with Gasteiger partial charge in [-0.05, 0) is 48.0 Å². The molecule has 4 aromatic rings. The summed E-state index contributed by atoms with van der Waals surface area (Å²) in [5.74, 6) is 1.51. The molecular formula is C28H30N6O3. The molecule has 0 atom stereocenters. The maximum atomic E-state index is 13.0. The average Bonchev–Trinajstić information content (AvgIpc) is 3.32. The van der Waals surface area contributed by atoms with Crippen molar-refractivity contribution in [3.05, 3.63) is 72.4 Å². The minimum absolute atomic E-state index is 0.0595. The van der Waals surface area contributed by atoms with Gasteiger partial charge in [0.1, 0.15) is 0 Å². The number of benzene rings is 2. The topological polar surface area (TPSA) is 84.8 Å². The highest BCUT2D eigenvalue weighted by atomic mass is 16.5. The average molecular weight is 499 g/mol. The molecule has 0 bridgehead atoms. The molecule has 0 radical (unpaired) electrons. The summed E-state index contributed by atoms with van der Waals surface area (Å²) in [4.78, 5) is 17.5. The molecule has 37 heavy (non-hydrogen) atoms. The number of amides is 1. The van der Waals surface area contributed by atoms with Gasteiger partial charge in [-0.25, -0.2) is 0 Å². The highest BCUT2D eigenvalue weighted by molar-refractivity contribution is 5.96. The van der Waals surface area contributed by atoms with E-state index in [0.717, 1.165) is 78.9 Å². The van der Waals surface area contributed by atoms with Crippen molar-refractivity contribution in [2.75, 3.05) is 67.7 Å². The number of ether oxygens (including phenoxy) is 2. The van der Waals surface area contributed by atoms with E-state index in [1.54, 1.807) is 0 Å². The maximum Gasteiger partial charge on any atom is 0.228 e. The van der Waals surface area contributed by atoms with Crippen molar-refractivity contribution in [1.29, 1.82) is 0 Å². The largest absolute Gasteiger partial charge is 0.378 e. The molecule has 2 aromatic carbocycles. The SMILES string of the molecule is O=C(Cc1cn(-c2ccc(N3CCOCC3)nn2)c2ccccc12)Nc1ccc(N2CCOCC2)cc1. The zero-order valence-corrected chi connectivity index (χ0v) is 20.7. The number of rotatable bonds is 6. The van der Waals surface area contributed by atoms with Gasteiger partial charge in [-0.1, -0.05) is 18.2 Å². The molecule has 1 N–H and O–H groups in total. The molecule has 2 aliphatic heterocycles. The third kappa shape index (κ3) is 5.14. The molecule has 0 saturated carbocycles. The van der Waals surface area contributed by atoms with Gasteiger partial charge in [0, 0.05) is 49.1 Å². The molecule has 1 amide bonds. The number of morpholine rings is 2. The number of hydrogen-bond acceptors (Lipinski definition) is 7. The van der Waals surface area contributed by atoms with Crippen molar-refractivity contribution in [2.45, 2.75) is 6.42 Å². The van der Waals surface area contributed by atoms with Crippen LogP contribution >= 0.6 is 0 Å². The first-order chi connectivity index (χ1) is 18.2. The van der Waals surface area contributed by atoms with Crippen molar-refractivity contribution < 1.29 is 14.3 Å². The normalized spacial score (nSPS) is 16.2. The number of nitrogens with one attached hydrogen (secondary N) is 1. The van der Waals surface area contributed by atoms with Gasteiger partial charge in [0.25, 0.3) is 0 Å². The van der Waals surface area contributed by atoms with Crippen LogP contribution in [0.15, 0.2) is 66.9 Å². The fourth-order valence-electron chi connectivity index (χ4n) is 4.94. The van der Waals surface area contributed by atoms with E-state index in [2.05, 4.69) is 25.3 Å². The number of carbonyl (C=O) groups is 1. The molecule has 6 rings (SSSR count). The van der Waals surface area contributed by atoms with Crippen LogP contribution in [0.25, 0.3) is 16.7 Å². The van der Waals surface area contributed by atoms with E-state index in [1.807, 2.05) is 71.4 Å². The minimum atomic E-state index is -0.0595. The predicted octanol–water partition coefficient (Wildman–Crippen LogP) is 3.27. The highest BCUT2D eigenvalue weighted by Gasteiger charge is 2.17. The lowest BCUT2D eigenvalue weighted by molar-refractivity contribution is -0.115. The third-order valence-corrected chi connectivity index (χ3v) is 6.89. The Bertz CT molecular complexity index is 1360. The number of fused-ring (bicyclic) bond motifs is 1. The second-order valence-corrected chi connectivity index (χ2v) is 9.26. The monoisotopic (exact) mass is 498 g/mol. The van der Waals surface area contributed by atoms with Crippen LogP contribution in [-0.2, 0) is 20.7 Å². The van der Waals surface area contributed by atoms with E-state index in [4.69, 9.17) is 9.47 Å². The number of anilines is 3. The lowest BCUT2D eigenvalue weighted by Gasteiger charge is -2.28. The lowest BCUT2D eigenvalue weighted by atomic mass is 10.1. The van der Waals surface area contributed by atoms with Crippen LogP contribution in [-0.4, -0.2) is 73.3 Å². The molecule has 190 valence electrons. The second-order valence-electron chi connectivity index (χ2n) is 9.26. The van der Waals surface area contributed by atoms with E-state index in [-0.39, 0.29) is 12.3 Å². The van der Waals surface area contributed by atoms with Gasteiger partial charge in [-0.3, -0.25) is 9.36 Å². The Labute approximate surface area is 215 Å². The van der Waals surface area contributed by atoms with Gasteiger partial charge in [0.15, 0.2) is 11.6 Å². The molecule has 9 heteroatoms. The Morgan fingerprint density at radius 3 is 2.14 bits per heavy atom. The first-order valence-electron chi connectivity index (χ1n) is 12.7. The van der Waals surface area contributed by atoms with Crippen molar-refractivity contribution in [2.24, 2.45) is 0 Å². The van der Waals surface area contributed by atoms with E-state index < -0.39 is 0 Å². The van der Waals surface area contributed by atoms with Crippen molar-refractivity contribution in [1.82, 2.24) is 14.8 Å². The summed E-state index contributed by atoms with van der Waals surface area (Å²) in [7, 11) is 0. The molecule has 2 saturated heterocycles. The van der Waals surface area contributed by atoms with Crippen LogP contribution in [0.3, 0.4) is 0 Å². The van der Waals surface area contributed by atoms with E-state index in [1.165, 1.54) is 0 Å². The van der Waals surface area contributed by atoms with Gasteiger partial charge >= 0.3 is 0 Å². The molecule has 9 nitrogen and oxygen atoms in total. The predicted molar refractivity (Wildman–Crippen MR) is 144 cm³/mol. The molecule has 4 heterocycles. The van der Waals surface area contributed by atoms with Crippen LogP contribution in [0.2, 0.25) is 0 Å². The van der Waals surface area contributed by atoms with E-state index in [0.29, 0.717) is 13.2 Å². The van der Waals surface area contributed by atoms with E-state index >= 15 is 0 Å². The number of para-hydroxylation sites is 1. The lowest BCUT2D eigenvalue weighted by Crippen LogP contribution is -2.36. The summed E-state index contributed by atoms with van der Waals surface area (Å²) >= 11 is 0. The standard InChI is InChI=1S/C28H30N6O3/c35-28(29-22-5-7-23(8-6-22)32-11-15-36-16-12-32)19-21-20-34(25-4-2-1-3-24(21)25)27-10-9-26(30-31-27)33-13-17-37-18-14-33/h1-10,20H,11-19H2,(H,29,35). The number of hydrogen-bond donors (Lipinski definition) is 1. The first kappa shape index (κ1) is 23.4. The van der Waals surface area contributed by atoms with Crippen molar-refractivity contribution >= 4 is 34.0 Å². The summed E-state index contributed by atoms with van der Waals surface area (Å²) in [5, 5.41) is 13.0. The zero-order valence-electron chi connectivity index (χ0n) is 20.7. The molecule has 2 aromatic heterocycles. The van der Waals surface area contributed by atoms with Crippen molar-refractivity contribution in [3.8, 4) is 5.82 Å². The summed E-state index contributed by atoms with van der Waals surface area (Å²) in [6.07, 6.45) is 2.25. The molecule has 0 spiro atoms. The number of aromatic nitrogens is 3. The summed E-state index contributed by atoms with van der Waals surface area (Å²) in [5.41, 5.74) is 3.87. The smallest absolute Gasteiger partial charge is 0.228 e.